The van der Waals surface area contributed by atoms with Gasteiger partial charge in [0.25, 0.3) is 5.91 Å². The van der Waals surface area contributed by atoms with E-state index in [2.05, 4.69) is 20.6 Å². The fraction of sp³-hybridized carbons (Fsp3) is 0.0952. The number of hydrogen-bond acceptors (Lipinski definition) is 3. The van der Waals surface area contributed by atoms with Crippen LogP contribution in [0.5, 0.6) is 0 Å². The van der Waals surface area contributed by atoms with Gasteiger partial charge in [-0.05, 0) is 25.1 Å². The van der Waals surface area contributed by atoms with Crippen molar-refractivity contribution in [3.05, 3.63) is 86.2 Å². The molecule has 2 aromatic heterocycles. The number of halogens is 3. The number of aryl methyl sites for hydroxylation is 1. The van der Waals surface area contributed by atoms with E-state index >= 15 is 0 Å². The molecule has 2 aromatic carbocycles. The monoisotopic (exact) mass is 459 g/mol. The zero-order chi connectivity index (χ0) is 21.3. The number of aromatic amines is 1. The van der Waals surface area contributed by atoms with Crippen LogP contribution in [0.15, 0.2) is 53.8 Å². The quantitative estimate of drug-likeness (QED) is 0.307. The van der Waals surface area contributed by atoms with E-state index in [-0.39, 0.29) is 5.91 Å². The topological polar surface area (TPSA) is 75.1 Å². The Kier molecular flexibility index (Phi) is 5.81. The molecule has 0 bridgehead atoms. The van der Waals surface area contributed by atoms with Gasteiger partial charge in [0, 0.05) is 32.7 Å². The van der Waals surface area contributed by atoms with Gasteiger partial charge in [-0.2, -0.15) is 10.2 Å². The third-order valence-electron chi connectivity index (χ3n) is 4.67. The van der Waals surface area contributed by atoms with Gasteiger partial charge in [0.1, 0.15) is 5.15 Å². The number of nitrogens with zero attached hydrogens (tertiary/aromatic N) is 3. The molecule has 0 unspecified atom stereocenters. The largest absolute Gasteiger partial charge is 0.360 e. The van der Waals surface area contributed by atoms with Crippen molar-refractivity contribution in [2.24, 2.45) is 5.10 Å². The maximum atomic E-state index is 12.5. The van der Waals surface area contributed by atoms with Gasteiger partial charge in [-0.3, -0.25) is 4.79 Å². The third kappa shape index (κ3) is 3.94. The van der Waals surface area contributed by atoms with Crippen LogP contribution in [0.2, 0.25) is 15.2 Å². The van der Waals surface area contributed by atoms with E-state index in [0.29, 0.717) is 38.6 Å². The summed E-state index contributed by atoms with van der Waals surface area (Å²) < 4.78 is 1.59. The lowest BCUT2D eigenvalue weighted by atomic mass is 10.2. The van der Waals surface area contributed by atoms with Crippen LogP contribution in [0.3, 0.4) is 0 Å². The van der Waals surface area contributed by atoms with Crippen LogP contribution in [0.1, 0.15) is 27.2 Å². The maximum Gasteiger partial charge on any atom is 0.273 e. The zero-order valence-corrected chi connectivity index (χ0v) is 18.1. The fourth-order valence-electron chi connectivity index (χ4n) is 3.13. The Morgan fingerprint density at radius 2 is 1.90 bits per heavy atom. The lowest BCUT2D eigenvalue weighted by Crippen LogP contribution is -2.17. The summed E-state index contributed by atoms with van der Waals surface area (Å²) in [6.45, 7) is 2.12. The van der Waals surface area contributed by atoms with Gasteiger partial charge in [0.05, 0.1) is 29.6 Å². The second-order valence-electron chi connectivity index (χ2n) is 6.59. The maximum absolute atomic E-state index is 12.5. The van der Waals surface area contributed by atoms with E-state index in [1.54, 1.807) is 36.0 Å². The molecule has 9 heteroatoms. The first kappa shape index (κ1) is 20.5. The van der Waals surface area contributed by atoms with E-state index in [1.807, 2.05) is 24.3 Å². The van der Waals surface area contributed by atoms with Crippen molar-refractivity contribution in [2.75, 3.05) is 0 Å². The molecule has 4 aromatic rings. The lowest BCUT2D eigenvalue weighted by Gasteiger charge is -2.08. The van der Waals surface area contributed by atoms with Gasteiger partial charge in [0.15, 0.2) is 0 Å². The number of rotatable bonds is 5. The molecule has 0 saturated heterocycles. The van der Waals surface area contributed by atoms with Crippen molar-refractivity contribution >= 4 is 57.8 Å². The second kappa shape index (κ2) is 8.52. The van der Waals surface area contributed by atoms with E-state index in [1.165, 1.54) is 6.21 Å². The first-order valence-electron chi connectivity index (χ1n) is 9.01. The number of hydrazone groups is 1. The molecule has 0 spiro atoms. The second-order valence-corrected chi connectivity index (χ2v) is 7.77. The normalized spacial score (nSPS) is 11.5. The molecule has 2 N–H and O–H groups in total. The van der Waals surface area contributed by atoms with Crippen LogP contribution in [0.25, 0.3) is 10.9 Å². The molecule has 30 heavy (non-hydrogen) atoms. The number of para-hydroxylation sites is 1. The van der Waals surface area contributed by atoms with Crippen LogP contribution in [-0.4, -0.2) is 26.9 Å². The summed E-state index contributed by atoms with van der Waals surface area (Å²) in [7, 11) is 0. The molecule has 0 saturated carbocycles. The van der Waals surface area contributed by atoms with E-state index in [4.69, 9.17) is 34.8 Å². The summed E-state index contributed by atoms with van der Waals surface area (Å²) in [6, 6.07) is 12.8. The van der Waals surface area contributed by atoms with Gasteiger partial charge in [-0.1, -0.05) is 59.1 Å². The van der Waals surface area contributed by atoms with Crippen LogP contribution < -0.4 is 5.43 Å². The molecule has 6 nitrogen and oxygen atoms in total. The number of nitrogens with one attached hydrogen (secondary N) is 2. The van der Waals surface area contributed by atoms with Crippen molar-refractivity contribution in [2.45, 2.75) is 13.5 Å². The van der Waals surface area contributed by atoms with Crippen LogP contribution in [-0.2, 0) is 6.54 Å². The number of H-pyrrole nitrogens is 1. The third-order valence-corrected chi connectivity index (χ3v) is 5.78. The highest BCUT2D eigenvalue weighted by atomic mass is 35.5. The molecule has 0 aliphatic rings. The van der Waals surface area contributed by atoms with Crippen LogP contribution in [0.4, 0.5) is 0 Å². The number of carbonyl (C=O) groups excluding carboxylic acids is 1. The molecule has 0 aliphatic carbocycles. The fourth-order valence-corrected chi connectivity index (χ4v) is 3.93. The van der Waals surface area contributed by atoms with E-state index in [0.717, 1.165) is 16.5 Å². The molecule has 0 aliphatic heterocycles. The highest BCUT2D eigenvalue weighted by Crippen LogP contribution is 2.27. The van der Waals surface area contributed by atoms with Gasteiger partial charge in [0.2, 0.25) is 0 Å². The first-order chi connectivity index (χ1) is 14.5. The lowest BCUT2D eigenvalue weighted by molar-refractivity contribution is 0.0957. The predicted octanol–water partition coefficient (Wildman–Crippen LogP) is 5.45. The van der Waals surface area contributed by atoms with Crippen molar-refractivity contribution in [3.8, 4) is 0 Å². The van der Waals surface area contributed by atoms with E-state index < -0.39 is 0 Å². The number of aromatic nitrogens is 3. The Bertz CT molecular complexity index is 1250. The number of hydrogen-bond donors (Lipinski definition) is 2. The van der Waals surface area contributed by atoms with Crippen molar-refractivity contribution < 1.29 is 4.79 Å². The van der Waals surface area contributed by atoms with Crippen LogP contribution in [0, 0.1) is 6.92 Å². The number of fused-ring (bicyclic) bond motifs is 1. The summed E-state index contributed by atoms with van der Waals surface area (Å²) in [5, 5.41) is 10.8. The summed E-state index contributed by atoms with van der Waals surface area (Å²) in [5.41, 5.74) is 5.90. The molecule has 4 rings (SSSR count). The summed E-state index contributed by atoms with van der Waals surface area (Å²) >= 11 is 19.0. The molecular weight excluding hydrogens is 445 g/mol. The van der Waals surface area contributed by atoms with Crippen molar-refractivity contribution in [3.63, 3.8) is 0 Å². The smallest absolute Gasteiger partial charge is 0.273 e. The minimum Gasteiger partial charge on any atom is -0.360 e. The Morgan fingerprint density at radius 1 is 1.17 bits per heavy atom. The minimum atomic E-state index is -0.326. The first-order valence-corrected chi connectivity index (χ1v) is 10.1. The minimum absolute atomic E-state index is 0.313. The Labute approximate surface area is 187 Å². The van der Waals surface area contributed by atoms with Crippen molar-refractivity contribution in [1.29, 1.82) is 0 Å². The van der Waals surface area contributed by atoms with E-state index in [9.17, 15) is 4.79 Å². The average Bonchev–Trinajstić information content (AvgIpc) is 3.27. The molecular formula is C21H16Cl3N5O. The van der Waals surface area contributed by atoms with Crippen molar-refractivity contribution in [1.82, 2.24) is 20.2 Å². The Balaban J connectivity index is 1.52. The predicted molar refractivity (Wildman–Crippen MR) is 121 cm³/mol. The highest BCUT2D eigenvalue weighted by Gasteiger charge is 2.15. The summed E-state index contributed by atoms with van der Waals surface area (Å²) in [6.07, 6.45) is 3.13. The molecule has 0 atom stereocenters. The number of amides is 1. The average molecular weight is 461 g/mol. The highest BCUT2D eigenvalue weighted by molar-refractivity contribution is 6.36. The molecule has 152 valence electrons. The van der Waals surface area contributed by atoms with Gasteiger partial charge >= 0.3 is 0 Å². The Morgan fingerprint density at radius 3 is 2.67 bits per heavy atom. The van der Waals surface area contributed by atoms with Gasteiger partial charge < -0.3 is 4.98 Å². The standard InChI is InChI=1S/C21H16Cl3N5O/c1-12-14(20(24)29(28-12)11-16-17(22)6-4-7-18(16)23)10-26-27-21(30)15-9-25-19-8-3-2-5-13(15)19/h2-10,25H,11H2,1H3,(H,27,30). The number of carbonyl (C=O) groups is 1. The summed E-state index contributed by atoms with van der Waals surface area (Å²) in [5.74, 6) is -0.326. The summed E-state index contributed by atoms with van der Waals surface area (Å²) in [4.78, 5) is 15.5. The van der Waals surface area contributed by atoms with Gasteiger partial charge in [-0.25, -0.2) is 10.1 Å². The van der Waals surface area contributed by atoms with Crippen LogP contribution >= 0.6 is 34.8 Å². The zero-order valence-electron chi connectivity index (χ0n) is 15.8. The molecule has 1 amide bonds. The SMILES string of the molecule is Cc1nn(Cc2c(Cl)cccc2Cl)c(Cl)c1C=NNC(=O)c1c[nH]c2ccccc12. The molecule has 0 radical (unpaired) electrons. The number of benzene rings is 2. The molecule has 2 heterocycles. The van der Waals surface area contributed by atoms with Gasteiger partial charge in [-0.15, -0.1) is 0 Å². The molecule has 0 fully saturated rings. The Hall–Kier alpha value is -2.80.